The summed E-state index contributed by atoms with van der Waals surface area (Å²) in [5.74, 6) is 1.28. The van der Waals surface area contributed by atoms with Crippen LogP contribution < -0.4 is 16.0 Å². The number of ether oxygens (including phenoxy) is 1. The molecule has 100 valence electrons. The third-order valence-corrected chi connectivity index (χ3v) is 2.81. The lowest BCUT2D eigenvalue weighted by molar-refractivity contribution is 0.464. The van der Waals surface area contributed by atoms with Gasteiger partial charge in [0.2, 0.25) is 5.88 Å². The van der Waals surface area contributed by atoms with Gasteiger partial charge in [0, 0.05) is 11.6 Å². The van der Waals surface area contributed by atoms with Crippen LogP contribution in [-0.2, 0) is 0 Å². The highest BCUT2D eigenvalue weighted by atomic mass is 16.5. The van der Waals surface area contributed by atoms with Crippen molar-refractivity contribution < 1.29 is 4.74 Å². The van der Waals surface area contributed by atoms with E-state index in [1.54, 1.807) is 31.3 Å². The second kappa shape index (κ2) is 4.65. The smallest absolute Gasteiger partial charge is 0.254 e. The van der Waals surface area contributed by atoms with Gasteiger partial charge in [-0.15, -0.1) is 0 Å². The van der Waals surface area contributed by atoms with Crippen molar-refractivity contribution in [2.45, 2.75) is 6.92 Å². The summed E-state index contributed by atoms with van der Waals surface area (Å²) in [4.78, 5) is 22.3. The van der Waals surface area contributed by atoms with Crippen LogP contribution in [0.1, 0.15) is 5.82 Å². The molecule has 0 amide bonds. The van der Waals surface area contributed by atoms with Gasteiger partial charge in [-0.25, -0.2) is 4.98 Å². The number of nitrogens with two attached hydrogens (primary N) is 1. The zero-order valence-electron chi connectivity index (χ0n) is 10.8. The summed E-state index contributed by atoms with van der Waals surface area (Å²) in [5, 5.41) is 0.771. The van der Waals surface area contributed by atoms with Gasteiger partial charge in [0.05, 0.1) is 17.3 Å². The Morgan fingerprint density at radius 3 is 2.95 bits per heavy atom. The lowest BCUT2D eigenvalue weighted by Crippen LogP contribution is -2.08. The third kappa shape index (κ3) is 2.18. The SMILES string of the molecule is Cc1nc(Oc2ccc(N)c3ncccc23)cc(=O)[nH]1. The molecule has 20 heavy (non-hydrogen) atoms. The summed E-state index contributed by atoms with van der Waals surface area (Å²) in [7, 11) is 0. The molecule has 0 aliphatic heterocycles. The highest BCUT2D eigenvalue weighted by Gasteiger charge is 2.08. The van der Waals surface area contributed by atoms with Crippen LogP contribution in [0.15, 0.2) is 41.3 Å². The van der Waals surface area contributed by atoms with E-state index in [2.05, 4.69) is 15.0 Å². The maximum absolute atomic E-state index is 11.4. The molecule has 0 spiro atoms. The molecule has 3 aromatic rings. The van der Waals surface area contributed by atoms with E-state index in [0.29, 0.717) is 22.8 Å². The van der Waals surface area contributed by atoms with Crippen molar-refractivity contribution in [1.82, 2.24) is 15.0 Å². The zero-order chi connectivity index (χ0) is 14.1. The molecule has 3 N–H and O–H groups in total. The first kappa shape index (κ1) is 12.2. The van der Waals surface area contributed by atoms with Crippen molar-refractivity contribution in [1.29, 1.82) is 0 Å². The van der Waals surface area contributed by atoms with Crippen LogP contribution in [0.4, 0.5) is 5.69 Å². The number of nitrogens with one attached hydrogen (secondary N) is 1. The number of nitrogen functional groups attached to an aromatic ring is 1. The van der Waals surface area contributed by atoms with Gasteiger partial charge >= 0.3 is 0 Å². The van der Waals surface area contributed by atoms with Crippen molar-refractivity contribution in [3.8, 4) is 11.6 Å². The van der Waals surface area contributed by atoms with Gasteiger partial charge in [-0.2, -0.15) is 0 Å². The van der Waals surface area contributed by atoms with Gasteiger partial charge in [-0.1, -0.05) is 0 Å². The fourth-order valence-corrected chi connectivity index (χ4v) is 1.97. The van der Waals surface area contributed by atoms with Crippen LogP contribution in [0, 0.1) is 6.92 Å². The molecule has 3 rings (SSSR count). The van der Waals surface area contributed by atoms with E-state index in [9.17, 15) is 4.79 Å². The van der Waals surface area contributed by atoms with E-state index in [-0.39, 0.29) is 11.4 Å². The first-order valence-electron chi connectivity index (χ1n) is 6.02. The summed E-state index contributed by atoms with van der Waals surface area (Å²) in [6.07, 6.45) is 1.66. The largest absolute Gasteiger partial charge is 0.438 e. The summed E-state index contributed by atoms with van der Waals surface area (Å²) in [5.41, 5.74) is 6.85. The second-order valence-electron chi connectivity index (χ2n) is 4.32. The molecule has 2 aromatic heterocycles. The van der Waals surface area contributed by atoms with E-state index >= 15 is 0 Å². The van der Waals surface area contributed by atoms with Crippen LogP contribution >= 0.6 is 0 Å². The number of anilines is 1. The van der Waals surface area contributed by atoms with Crippen molar-refractivity contribution in [3.63, 3.8) is 0 Å². The lowest BCUT2D eigenvalue weighted by Gasteiger charge is -2.09. The number of fused-ring (bicyclic) bond motifs is 1. The standard InChI is InChI=1S/C14H12N4O2/c1-8-17-12(19)7-13(18-8)20-11-5-4-10(15)14-9(11)3-2-6-16-14/h2-7H,15H2,1H3,(H,17,18,19). The number of benzene rings is 1. The van der Waals surface area contributed by atoms with E-state index in [1.807, 2.05) is 6.07 Å². The van der Waals surface area contributed by atoms with Crippen LogP contribution in [-0.4, -0.2) is 15.0 Å². The number of aryl methyl sites for hydroxylation is 1. The molecule has 0 radical (unpaired) electrons. The van der Waals surface area contributed by atoms with Crippen molar-refractivity contribution in [2.75, 3.05) is 5.73 Å². The average molecular weight is 268 g/mol. The van der Waals surface area contributed by atoms with Crippen LogP contribution in [0.25, 0.3) is 10.9 Å². The Morgan fingerprint density at radius 2 is 2.15 bits per heavy atom. The van der Waals surface area contributed by atoms with Crippen LogP contribution in [0.5, 0.6) is 11.6 Å². The maximum atomic E-state index is 11.4. The normalized spacial score (nSPS) is 10.7. The minimum Gasteiger partial charge on any atom is -0.438 e. The summed E-state index contributed by atoms with van der Waals surface area (Å²) >= 11 is 0. The molecule has 1 aromatic carbocycles. The van der Waals surface area contributed by atoms with Crippen molar-refractivity contribution in [2.24, 2.45) is 0 Å². The highest BCUT2D eigenvalue weighted by Crippen LogP contribution is 2.30. The Kier molecular flexibility index (Phi) is 2.83. The molecular formula is C14H12N4O2. The molecule has 0 bridgehead atoms. The molecule has 6 nitrogen and oxygen atoms in total. The topological polar surface area (TPSA) is 93.9 Å². The van der Waals surface area contributed by atoms with Gasteiger partial charge in [-0.05, 0) is 31.2 Å². The number of nitrogens with zero attached hydrogens (tertiary/aromatic N) is 2. The highest BCUT2D eigenvalue weighted by molar-refractivity contribution is 5.93. The first-order valence-corrected chi connectivity index (χ1v) is 6.02. The molecule has 0 saturated heterocycles. The van der Waals surface area contributed by atoms with E-state index in [1.165, 1.54) is 6.07 Å². The van der Waals surface area contributed by atoms with E-state index < -0.39 is 0 Å². The number of rotatable bonds is 2. The number of pyridine rings is 1. The predicted molar refractivity (Wildman–Crippen MR) is 75.8 cm³/mol. The molecule has 6 heteroatoms. The average Bonchev–Trinajstić information content (AvgIpc) is 2.41. The number of aromatic nitrogens is 3. The maximum Gasteiger partial charge on any atom is 0.254 e. The minimum absolute atomic E-state index is 0.237. The predicted octanol–water partition coefficient (Wildman–Crippen LogP) is 2.00. The molecule has 0 fully saturated rings. The first-order chi connectivity index (χ1) is 9.63. The molecule has 0 aliphatic rings. The van der Waals surface area contributed by atoms with Crippen LogP contribution in [0.3, 0.4) is 0 Å². The number of aromatic amines is 1. The fourth-order valence-electron chi connectivity index (χ4n) is 1.97. The molecular weight excluding hydrogens is 256 g/mol. The number of H-pyrrole nitrogens is 1. The Labute approximate surface area is 114 Å². The van der Waals surface area contributed by atoms with Gasteiger partial charge in [-0.3, -0.25) is 9.78 Å². The monoisotopic (exact) mass is 268 g/mol. The summed E-state index contributed by atoms with van der Waals surface area (Å²) in [6.45, 7) is 1.69. The molecule has 2 heterocycles. The summed E-state index contributed by atoms with van der Waals surface area (Å²) in [6, 6.07) is 8.40. The Bertz CT molecular complexity index is 842. The van der Waals surface area contributed by atoms with Crippen molar-refractivity contribution >= 4 is 16.6 Å². The van der Waals surface area contributed by atoms with E-state index in [0.717, 1.165) is 5.39 Å². The van der Waals surface area contributed by atoms with Gasteiger partial charge in [0.1, 0.15) is 11.6 Å². The number of hydrogen-bond donors (Lipinski definition) is 2. The molecule has 0 saturated carbocycles. The van der Waals surface area contributed by atoms with Crippen molar-refractivity contribution in [3.05, 3.63) is 52.7 Å². The van der Waals surface area contributed by atoms with Gasteiger partial charge in [0.15, 0.2) is 0 Å². The molecule has 0 atom stereocenters. The Balaban J connectivity index is 2.11. The lowest BCUT2D eigenvalue weighted by atomic mass is 10.2. The summed E-state index contributed by atoms with van der Waals surface area (Å²) < 4.78 is 5.68. The second-order valence-corrected chi connectivity index (χ2v) is 4.32. The zero-order valence-corrected chi connectivity index (χ0v) is 10.8. The number of hydrogen-bond acceptors (Lipinski definition) is 5. The molecule has 0 unspecified atom stereocenters. The van der Waals surface area contributed by atoms with Crippen LogP contribution in [0.2, 0.25) is 0 Å². The third-order valence-electron chi connectivity index (χ3n) is 2.81. The van der Waals surface area contributed by atoms with E-state index in [4.69, 9.17) is 10.5 Å². The van der Waals surface area contributed by atoms with Gasteiger partial charge < -0.3 is 15.5 Å². The Morgan fingerprint density at radius 1 is 1.30 bits per heavy atom. The molecule has 0 aliphatic carbocycles. The fraction of sp³-hybridized carbons (Fsp3) is 0.0714. The Hall–Kier alpha value is -2.89. The minimum atomic E-state index is -0.259. The quantitative estimate of drug-likeness (QED) is 0.693. The van der Waals surface area contributed by atoms with Gasteiger partial charge in [0.25, 0.3) is 5.56 Å².